The zero-order valence-electron chi connectivity index (χ0n) is 18.7. The summed E-state index contributed by atoms with van der Waals surface area (Å²) in [5.74, 6) is 0.157. The maximum absolute atomic E-state index is 13.7. The minimum absolute atomic E-state index is 0.241. The zero-order valence-corrected chi connectivity index (χ0v) is 20.2. The first kappa shape index (κ1) is 22.9. The van der Waals surface area contributed by atoms with Crippen molar-refractivity contribution in [3.63, 3.8) is 0 Å². The van der Waals surface area contributed by atoms with Crippen molar-refractivity contribution in [2.24, 2.45) is 0 Å². The summed E-state index contributed by atoms with van der Waals surface area (Å²) in [7, 11) is 0. The molecule has 5 rings (SSSR count). The van der Waals surface area contributed by atoms with Crippen LogP contribution in [-0.2, 0) is 6.54 Å². The Morgan fingerprint density at radius 1 is 1.00 bits per heavy atom. The molecule has 35 heavy (non-hydrogen) atoms. The summed E-state index contributed by atoms with van der Waals surface area (Å²) in [6.45, 7) is 0.333. The standard InChI is InChI=1S/C26H20ClN5O2S/c1-35-25-19(7-5-13-29-25)24(33)30-17-10-11-18(20(27)14-17)26(34)32-15-16-6-4-12-28-23(16)31-21-8-2-3-9-22(21)32/h2-14H,15H2,1H3,(H,28,31)(H,30,33). The van der Waals surface area contributed by atoms with E-state index < -0.39 is 0 Å². The number of rotatable bonds is 4. The van der Waals surface area contributed by atoms with Gasteiger partial charge < -0.3 is 15.5 Å². The van der Waals surface area contributed by atoms with E-state index in [0.29, 0.717) is 34.2 Å². The molecule has 3 heterocycles. The quantitative estimate of drug-likeness (QED) is 0.333. The van der Waals surface area contributed by atoms with E-state index in [4.69, 9.17) is 11.6 Å². The van der Waals surface area contributed by atoms with Gasteiger partial charge in [-0.15, -0.1) is 11.8 Å². The predicted molar refractivity (Wildman–Crippen MR) is 140 cm³/mol. The van der Waals surface area contributed by atoms with Gasteiger partial charge in [0.25, 0.3) is 11.8 Å². The van der Waals surface area contributed by atoms with Gasteiger partial charge in [-0.3, -0.25) is 9.59 Å². The van der Waals surface area contributed by atoms with E-state index >= 15 is 0 Å². The molecule has 0 radical (unpaired) electrons. The second-order valence-electron chi connectivity index (χ2n) is 7.75. The van der Waals surface area contributed by atoms with Gasteiger partial charge in [-0.2, -0.15) is 0 Å². The predicted octanol–water partition coefficient (Wildman–Crippen LogP) is 6.01. The van der Waals surface area contributed by atoms with Gasteiger partial charge in [0.05, 0.1) is 34.1 Å². The molecule has 0 aliphatic carbocycles. The molecule has 1 aliphatic heterocycles. The highest BCUT2D eigenvalue weighted by Gasteiger charge is 2.26. The van der Waals surface area contributed by atoms with Gasteiger partial charge in [0.15, 0.2) is 0 Å². The zero-order chi connectivity index (χ0) is 24.4. The summed E-state index contributed by atoms with van der Waals surface area (Å²) in [6, 6.07) is 19.6. The van der Waals surface area contributed by atoms with Crippen LogP contribution in [0.1, 0.15) is 26.3 Å². The third-order valence-electron chi connectivity index (χ3n) is 5.58. The average Bonchev–Trinajstić information content (AvgIpc) is 3.05. The molecule has 2 N–H and O–H groups in total. The highest BCUT2D eigenvalue weighted by Crippen LogP contribution is 2.36. The highest BCUT2D eigenvalue weighted by molar-refractivity contribution is 7.98. The number of para-hydroxylation sites is 2. The second kappa shape index (κ2) is 9.77. The largest absolute Gasteiger partial charge is 0.338 e. The topological polar surface area (TPSA) is 87.2 Å². The third kappa shape index (κ3) is 4.58. The maximum atomic E-state index is 13.7. The summed E-state index contributed by atoms with van der Waals surface area (Å²) in [5.41, 5.74) is 3.68. The summed E-state index contributed by atoms with van der Waals surface area (Å²) in [6.07, 6.45) is 5.22. The first-order chi connectivity index (χ1) is 17.0. The van der Waals surface area contributed by atoms with Crippen LogP contribution in [0.25, 0.3) is 0 Å². The van der Waals surface area contributed by atoms with Gasteiger partial charge in [-0.1, -0.05) is 29.8 Å². The third-order valence-corrected chi connectivity index (χ3v) is 6.60. The first-order valence-corrected chi connectivity index (χ1v) is 12.4. The Morgan fingerprint density at radius 3 is 2.63 bits per heavy atom. The molecular formula is C26H20ClN5O2S. The normalized spacial score (nSPS) is 12.1. The molecule has 2 aromatic heterocycles. The van der Waals surface area contributed by atoms with E-state index in [9.17, 15) is 9.59 Å². The Hall–Kier alpha value is -3.88. The molecule has 0 unspecified atom stereocenters. The number of carbonyl (C=O) groups is 2. The number of carbonyl (C=O) groups excluding carboxylic acids is 2. The number of hydrogen-bond donors (Lipinski definition) is 2. The molecule has 0 fully saturated rings. The Bertz CT molecular complexity index is 1440. The number of amides is 2. The van der Waals surface area contributed by atoms with Crippen molar-refractivity contribution < 1.29 is 9.59 Å². The van der Waals surface area contributed by atoms with Gasteiger partial charge in [0, 0.05) is 23.6 Å². The first-order valence-electron chi connectivity index (χ1n) is 10.8. The van der Waals surface area contributed by atoms with Crippen LogP contribution in [0, 0.1) is 0 Å². The number of nitrogens with zero attached hydrogens (tertiary/aromatic N) is 3. The van der Waals surface area contributed by atoms with Crippen LogP contribution < -0.4 is 15.5 Å². The van der Waals surface area contributed by atoms with Gasteiger partial charge in [0.2, 0.25) is 0 Å². The van der Waals surface area contributed by atoms with Crippen LogP contribution in [0.3, 0.4) is 0 Å². The van der Waals surface area contributed by atoms with E-state index in [0.717, 1.165) is 16.9 Å². The fourth-order valence-electron chi connectivity index (χ4n) is 3.89. The molecule has 9 heteroatoms. The Balaban J connectivity index is 1.44. The van der Waals surface area contributed by atoms with E-state index in [1.165, 1.54) is 11.8 Å². The van der Waals surface area contributed by atoms with Crippen molar-refractivity contribution in [2.45, 2.75) is 11.6 Å². The summed E-state index contributed by atoms with van der Waals surface area (Å²) >= 11 is 7.95. The number of thioether (sulfide) groups is 1. The molecule has 0 bridgehead atoms. The lowest BCUT2D eigenvalue weighted by molar-refractivity contribution is 0.0984. The number of aromatic nitrogens is 2. The van der Waals surface area contributed by atoms with Crippen LogP contribution in [-0.4, -0.2) is 28.0 Å². The molecular weight excluding hydrogens is 482 g/mol. The molecule has 7 nitrogen and oxygen atoms in total. The number of benzene rings is 2. The number of halogens is 1. The number of hydrogen-bond acceptors (Lipinski definition) is 6. The molecule has 2 amide bonds. The highest BCUT2D eigenvalue weighted by atomic mass is 35.5. The fraction of sp³-hybridized carbons (Fsp3) is 0.0769. The molecule has 0 spiro atoms. The van der Waals surface area contributed by atoms with Crippen molar-refractivity contribution >= 4 is 58.1 Å². The summed E-state index contributed by atoms with van der Waals surface area (Å²) in [5, 5.41) is 7.03. The molecule has 174 valence electrons. The van der Waals surface area contributed by atoms with Crippen LogP contribution in [0.5, 0.6) is 0 Å². The molecule has 1 aliphatic rings. The SMILES string of the molecule is CSc1ncccc1C(=O)Nc1ccc(C(=O)N2Cc3cccnc3Nc3ccccc32)c(Cl)c1. The van der Waals surface area contributed by atoms with E-state index in [1.54, 1.807) is 47.6 Å². The fourth-order valence-corrected chi connectivity index (χ4v) is 4.70. The van der Waals surface area contributed by atoms with Crippen molar-refractivity contribution in [1.29, 1.82) is 0 Å². The molecule has 2 aromatic carbocycles. The Labute approximate surface area is 211 Å². The van der Waals surface area contributed by atoms with Gasteiger partial charge in [-0.05, 0) is 54.8 Å². The van der Waals surface area contributed by atoms with Crippen LogP contribution in [0.15, 0.2) is 84.1 Å². The monoisotopic (exact) mass is 501 g/mol. The average molecular weight is 502 g/mol. The van der Waals surface area contributed by atoms with Crippen LogP contribution in [0.4, 0.5) is 22.9 Å². The van der Waals surface area contributed by atoms with Crippen LogP contribution in [0.2, 0.25) is 5.02 Å². The molecule has 0 saturated carbocycles. The van der Waals surface area contributed by atoms with Crippen molar-refractivity contribution in [3.05, 3.63) is 101 Å². The van der Waals surface area contributed by atoms with Gasteiger partial charge in [-0.25, -0.2) is 9.97 Å². The molecule has 0 saturated heterocycles. The summed E-state index contributed by atoms with van der Waals surface area (Å²) < 4.78 is 0. The lowest BCUT2D eigenvalue weighted by Gasteiger charge is -2.23. The van der Waals surface area contributed by atoms with Crippen LogP contribution >= 0.6 is 23.4 Å². The number of nitrogens with one attached hydrogen (secondary N) is 2. The minimum atomic E-state index is -0.297. The Kier molecular flexibility index (Phi) is 6.39. The minimum Gasteiger partial charge on any atom is -0.338 e. The second-order valence-corrected chi connectivity index (χ2v) is 8.96. The van der Waals surface area contributed by atoms with Gasteiger partial charge in [0.1, 0.15) is 10.8 Å². The Morgan fingerprint density at radius 2 is 1.80 bits per heavy atom. The van der Waals surface area contributed by atoms with E-state index in [-0.39, 0.29) is 16.8 Å². The van der Waals surface area contributed by atoms with Crippen molar-refractivity contribution in [2.75, 3.05) is 21.8 Å². The van der Waals surface area contributed by atoms with E-state index in [2.05, 4.69) is 20.6 Å². The summed E-state index contributed by atoms with van der Waals surface area (Å²) in [4.78, 5) is 36.8. The lowest BCUT2D eigenvalue weighted by atomic mass is 10.1. The molecule has 4 aromatic rings. The number of fused-ring (bicyclic) bond motifs is 2. The van der Waals surface area contributed by atoms with Crippen molar-refractivity contribution in [3.8, 4) is 0 Å². The molecule has 0 atom stereocenters. The lowest BCUT2D eigenvalue weighted by Crippen LogP contribution is -2.30. The van der Waals surface area contributed by atoms with Gasteiger partial charge >= 0.3 is 0 Å². The number of anilines is 4. The number of pyridine rings is 2. The maximum Gasteiger partial charge on any atom is 0.260 e. The van der Waals surface area contributed by atoms with E-state index in [1.807, 2.05) is 42.7 Å². The smallest absolute Gasteiger partial charge is 0.260 e. The van der Waals surface area contributed by atoms with Crippen molar-refractivity contribution in [1.82, 2.24) is 9.97 Å².